The Labute approximate surface area is 107 Å². The Morgan fingerprint density at radius 2 is 2.17 bits per heavy atom. The standard InChI is InChI=1S/C10H10ClN5O2/c11-6-3-5(8(12)10-13-15-16-14-10)4-7-9(6)18-2-1-17-7/h3-4,8H,1-2,12H2,(H,13,14,15,16). The summed E-state index contributed by atoms with van der Waals surface area (Å²) >= 11 is 6.13. The number of nitrogens with two attached hydrogens (primary N) is 1. The van der Waals surface area contributed by atoms with E-state index in [4.69, 9.17) is 26.8 Å². The van der Waals surface area contributed by atoms with Gasteiger partial charge in [-0.05, 0) is 17.7 Å². The van der Waals surface area contributed by atoms with Crippen molar-refractivity contribution in [3.8, 4) is 11.5 Å². The van der Waals surface area contributed by atoms with Gasteiger partial charge in [0.2, 0.25) is 0 Å². The van der Waals surface area contributed by atoms with Crippen molar-refractivity contribution in [2.75, 3.05) is 13.2 Å². The summed E-state index contributed by atoms with van der Waals surface area (Å²) in [6.45, 7) is 0.979. The molecule has 94 valence electrons. The van der Waals surface area contributed by atoms with Gasteiger partial charge in [0.15, 0.2) is 17.3 Å². The summed E-state index contributed by atoms with van der Waals surface area (Å²) in [5.41, 5.74) is 6.76. The van der Waals surface area contributed by atoms with Crippen LogP contribution in [-0.2, 0) is 0 Å². The SMILES string of the molecule is NC(c1cc(Cl)c2c(c1)OCCO2)c1nn[nH]n1. The first-order valence-corrected chi connectivity index (χ1v) is 5.71. The lowest BCUT2D eigenvalue weighted by Gasteiger charge is -2.21. The van der Waals surface area contributed by atoms with Gasteiger partial charge in [-0.1, -0.05) is 16.8 Å². The second-order valence-corrected chi connectivity index (χ2v) is 4.18. The molecule has 0 spiro atoms. The molecule has 1 unspecified atom stereocenters. The van der Waals surface area contributed by atoms with E-state index in [0.717, 1.165) is 5.56 Å². The van der Waals surface area contributed by atoms with E-state index in [1.807, 2.05) is 0 Å². The number of hydrogen-bond acceptors (Lipinski definition) is 6. The van der Waals surface area contributed by atoms with Crippen LogP contribution in [0.4, 0.5) is 0 Å². The Kier molecular flexibility index (Phi) is 2.77. The van der Waals surface area contributed by atoms with Gasteiger partial charge in [-0.2, -0.15) is 5.21 Å². The van der Waals surface area contributed by atoms with Crippen LogP contribution in [0.25, 0.3) is 0 Å². The van der Waals surface area contributed by atoms with E-state index in [0.29, 0.717) is 35.6 Å². The molecule has 1 aliphatic rings. The fourth-order valence-corrected chi connectivity index (χ4v) is 2.03. The van der Waals surface area contributed by atoms with Gasteiger partial charge in [0.05, 0.1) is 11.1 Å². The molecule has 8 heteroatoms. The number of tetrazole rings is 1. The second-order valence-electron chi connectivity index (χ2n) is 3.77. The van der Waals surface area contributed by atoms with Gasteiger partial charge in [0, 0.05) is 0 Å². The van der Waals surface area contributed by atoms with E-state index >= 15 is 0 Å². The van der Waals surface area contributed by atoms with Crippen LogP contribution in [0, 0.1) is 0 Å². The quantitative estimate of drug-likeness (QED) is 0.830. The number of fused-ring (bicyclic) bond motifs is 1. The van der Waals surface area contributed by atoms with E-state index in [-0.39, 0.29) is 0 Å². The number of aromatic amines is 1. The predicted octanol–water partition coefficient (Wildman–Crippen LogP) is 0.672. The number of H-pyrrole nitrogens is 1. The van der Waals surface area contributed by atoms with E-state index < -0.39 is 6.04 Å². The van der Waals surface area contributed by atoms with Crippen molar-refractivity contribution < 1.29 is 9.47 Å². The zero-order valence-electron chi connectivity index (χ0n) is 9.26. The van der Waals surface area contributed by atoms with E-state index in [1.54, 1.807) is 12.1 Å². The Balaban J connectivity index is 2.00. The molecule has 1 aromatic carbocycles. The van der Waals surface area contributed by atoms with Gasteiger partial charge in [0.1, 0.15) is 13.2 Å². The lowest BCUT2D eigenvalue weighted by molar-refractivity contribution is 0.171. The van der Waals surface area contributed by atoms with Crippen molar-refractivity contribution in [1.82, 2.24) is 20.6 Å². The normalized spacial score (nSPS) is 15.4. The lowest BCUT2D eigenvalue weighted by Crippen LogP contribution is -2.18. The fraction of sp³-hybridized carbons (Fsp3) is 0.300. The first-order valence-electron chi connectivity index (χ1n) is 5.33. The highest BCUT2D eigenvalue weighted by Gasteiger charge is 2.21. The number of nitrogens with one attached hydrogen (secondary N) is 1. The van der Waals surface area contributed by atoms with Crippen LogP contribution in [0.5, 0.6) is 11.5 Å². The van der Waals surface area contributed by atoms with Crippen LogP contribution in [0.2, 0.25) is 5.02 Å². The van der Waals surface area contributed by atoms with Gasteiger partial charge in [-0.25, -0.2) is 0 Å². The van der Waals surface area contributed by atoms with Crippen LogP contribution >= 0.6 is 11.6 Å². The minimum Gasteiger partial charge on any atom is -0.486 e. The van der Waals surface area contributed by atoms with Gasteiger partial charge >= 0.3 is 0 Å². The van der Waals surface area contributed by atoms with Crippen molar-refractivity contribution in [3.05, 3.63) is 28.5 Å². The summed E-state index contributed by atoms with van der Waals surface area (Å²) in [6.07, 6.45) is 0. The summed E-state index contributed by atoms with van der Waals surface area (Å²) in [7, 11) is 0. The van der Waals surface area contributed by atoms with Crippen molar-refractivity contribution >= 4 is 11.6 Å². The van der Waals surface area contributed by atoms with E-state index in [1.165, 1.54) is 0 Å². The molecule has 0 saturated heterocycles. The predicted molar refractivity (Wildman–Crippen MR) is 62.7 cm³/mol. The molecular weight excluding hydrogens is 258 g/mol. The molecule has 0 amide bonds. The molecule has 0 bridgehead atoms. The minimum atomic E-state index is -0.517. The fourth-order valence-electron chi connectivity index (χ4n) is 1.76. The van der Waals surface area contributed by atoms with E-state index in [9.17, 15) is 0 Å². The molecule has 18 heavy (non-hydrogen) atoms. The van der Waals surface area contributed by atoms with Crippen LogP contribution < -0.4 is 15.2 Å². The summed E-state index contributed by atoms with van der Waals surface area (Å²) in [5, 5.41) is 14.0. The lowest BCUT2D eigenvalue weighted by atomic mass is 10.1. The van der Waals surface area contributed by atoms with Gasteiger partial charge in [-0.3, -0.25) is 0 Å². The third kappa shape index (κ3) is 1.87. The van der Waals surface area contributed by atoms with Crippen molar-refractivity contribution in [3.63, 3.8) is 0 Å². The third-order valence-corrected chi connectivity index (χ3v) is 2.90. The zero-order chi connectivity index (χ0) is 12.5. The van der Waals surface area contributed by atoms with Crippen molar-refractivity contribution in [1.29, 1.82) is 0 Å². The molecule has 2 aromatic rings. The molecule has 2 heterocycles. The molecule has 3 rings (SSSR count). The van der Waals surface area contributed by atoms with Gasteiger partial charge in [-0.15, -0.1) is 10.2 Å². The zero-order valence-corrected chi connectivity index (χ0v) is 10.0. The number of halogens is 1. The Morgan fingerprint density at radius 3 is 2.94 bits per heavy atom. The number of ether oxygens (including phenoxy) is 2. The summed E-state index contributed by atoms with van der Waals surface area (Å²) in [5.74, 6) is 1.53. The number of nitrogens with zero attached hydrogens (tertiary/aromatic N) is 3. The third-order valence-electron chi connectivity index (χ3n) is 2.62. The summed E-state index contributed by atoms with van der Waals surface area (Å²) in [6, 6.07) is 2.98. The number of rotatable bonds is 2. The maximum Gasteiger partial charge on any atom is 0.195 e. The van der Waals surface area contributed by atoms with Crippen molar-refractivity contribution in [2.24, 2.45) is 5.73 Å². The molecular formula is C10H10ClN5O2. The summed E-state index contributed by atoms with van der Waals surface area (Å²) < 4.78 is 10.9. The Morgan fingerprint density at radius 1 is 1.33 bits per heavy atom. The molecule has 0 radical (unpaired) electrons. The molecule has 7 nitrogen and oxygen atoms in total. The number of hydrogen-bond donors (Lipinski definition) is 2. The molecule has 1 aromatic heterocycles. The topological polar surface area (TPSA) is 98.9 Å². The smallest absolute Gasteiger partial charge is 0.195 e. The molecule has 3 N–H and O–H groups in total. The highest BCUT2D eigenvalue weighted by molar-refractivity contribution is 6.32. The van der Waals surface area contributed by atoms with Crippen LogP contribution in [0.15, 0.2) is 12.1 Å². The highest BCUT2D eigenvalue weighted by Crippen LogP contribution is 2.39. The molecule has 1 aliphatic heterocycles. The molecule has 0 saturated carbocycles. The molecule has 0 fully saturated rings. The molecule has 1 atom stereocenters. The average molecular weight is 268 g/mol. The highest BCUT2D eigenvalue weighted by atomic mass is 35.5. The first kappa shape index (κ1) is 11.2. The number of benzene rings is 1. The Bertz CT molecular complexity index is 560. The molecule has 0 aliphatic carbocycles. The number of aromatic nitrogens is 4. The average Bonchev–Trinajstić information content (AvgIpc) is 2.91. The minimum absolute atomic E-state index is 0.391. The van der Waals surface area contributed by atoms with Crippen molar-refractivity contribution in [2.45, 2.75) is 6.04 Å². The largest absolute Gasteiger partial charge is 0.486 e. The van der Waals surface area contributed by atoms with Crippen LogP contribution in [-0.4, -0.2) is 33.8 Å². The van der Waals surface area contributed by atoms with Crippen LogP contribution in [0.1, 0.15) is 17.4 Å². The van der Waals surface area contributed by atoms with Gasteiger partial charge < -0.3 is 15.2 Å². The summed E-state index contributed by atoms with van der Waals surface area (Å²) in [4.78, 5) is 0. The monoisotopic (exact) mass is 267 g/mol. The maximum absolute atomic E-state index is 6.13. The second kappa shape index (κ2) is 4.43. The Hall–Kier alpha value is -1.86. The maximum atomic E-state index is 6.13. The van der Waals surface area contributed by atoms with Crippen LogP contribution in [0.3, 0.4) is 0 Å². The van der Waals surface area contributed by atoms with Gasteiger partial charge in [0.25, 0.3) is 0 Å². The first-order chi connectivity index (χ1) is 8.75. The van der Waals surface area contributed by atoms with E-state index in [2.05, 4.69) is 20.6 Å².